The Morgan fingerprint density at radius 2 is 1.71 bits per heavy atom. The maximum Gasteiger partial charge on any atom is 0.317 e. The molecule has 0 aromatic heterocycles. The molecule has 10 heteroatoms. The van der Waals surface area contributed by atoms with E-state index in [0.29, 0.717) is 42.2 Å². The number of likely N-dealkylation sites (N-methyl/N-ethyl adjacent to an activating group) is 1. The first kappa shape index (κ1) is 30.9. The molecule has 42 heavy (non-hydrogen) atoms. The van der Waals surface area contributed by atoms with E-state index in [1.807, 2.05) is 56.9 Å². The van der Waals surface area contributed by atoms with Crippen molar-refractivity contribution in [2.75, 3.05) is 49.6 Å². The van der Waals surface area contributed by atoms with Crippen molar-refractivity contribution in [3.05, 3.63) is 64.2 Å². The molecule has 0 radical (unpaired) electrons. The number of aromatic hydroxyl groups is 1. The van der Waals surface area contributed by atoms with Crippen LogP contribution in [0.4, 0.5) is 11.4 Å². The molecule has 3 N–H and O–H groups in total. The number of hydrazone groups is 1. The maximum absolute atomic E-state index is 13.8. The molecule has 1 saturated heterocycles. The van der Waals surface area contributed by atoms with Crippen LogP contribution in [-0.2, 0) is 14.4 Å². The van der Waals surface area contributed by atoms with Crippen molar-refractivity contribution in [3.8, 4) is 5.75 Å². The topological polar surface area (TPSA) is 126 Å². The number of benzene rings is 2. The summed E-state index contributed by atoms with van der Waals surface area (Å²) in [6.07, 6.45) is 1.45. The minimum absolute atomic E-state index is 0.0105. The minimum atomic E-state index is -0.846. The number of likely N-dealkylation sites (tertiary alicyclic amines) is 1. The number of carboxylic acid groups (broad SMARTS) is 1. The summed E-state index contributed by atoms with van der Waals surface area (Å²) in [7, 11) is 0. The van der Waals surface area contributed by atoms with Gasteiger partial charge in [0.1, 0.15) is 5.75 Å². The smallest absolute Gasteiger partial charge is 0.317 e. The summed E-state index contributed by atoms with van der Waals surface area (Å²) in [5, 5.41) is 24.7. The summed E-state index contributed by atoms with van der Waals surface area (Å²) in [5.74, 6) is -1.61. The Bertz CT molecular complexity index is 1420. The monoisotopic (exact) mass is 575 g/mol. The van der Waals surface area contributed by atoms with Crippen molar-refractivity contribution >= 4 is 34.9 Å². The van der Waals surface area contributed by atoms with Gasteiger partial charge in [0, 0.05) is 12.1 Å². The highest BCUT2D eigenvalue weighted by atomic mass is 16.4. The van der Waals surface area contributed by atoms with Crippen LogP contribution in [-0.4, -0.2) is 82.8 Å². The number of anilines is 2. The van der Waals surface area contributed by atoms with E-state index in [1.54, 1.807) is 19.1 Å². The summed E-state index contributed by atoms with van der Waals surface area (Å²) < 4.78 is 0. The van der Waals surface area contributed by atoms with Crippen LogP contribution in [0.25, 0.3) is 0 Å². The van der Waals surface area contributed by atoms with Crippen molar-refractivity contribution in [3.63, 3.8) is 0 Å². The van der Waals surface area contributed by atoms with E-state index in [9.17, 15) is 19.5 Å². The molecule has 10 nitrogen and oxygen atoms in total. The van der Waals surface area contributed by atoms with Crippen LogP contribution in [0, 0.1) is 13.8 Å². The standard InChI is InChI=1S/C32H41N5O5/c1-6-35(7-2)18-26-22(5)29(32(42)37(31(26)41)24-12-11-20(3)21(4)17-24)34-33-27-10-8-9-25(30(27)40)23-13-15-36(16-14-23)19-28(38)39/h8-12,17,23,33,40H,6-7,13-16,18-19H2,1-5H3,(H,38,39). The molecule has 0 spiro atoms. The fourth-order valence-electron chi connectivity index (χ4n) is 5.58. The van der Waals surface area contributed by atoms with Gasteiger partial charge in [0.2, 0.25) is 0 Å². The molecule has 2 aromatic carbocycles. The molecule has 2 heterocycles. The van der Waals surface area contributed by atoms with Crippen LogP contribution in [0.1, 0.15) is 56.2 Å². The normalized spacial score (nSPS) is 18.0. The molecule has 0 bridgehead atoms. The Balaban J connectivity index is 1.66. The number of carboxylic acids is 1. The lowest BCUT2D eigenvalue weighted by atomic mass is 9.88. The van der Waals surface area contributed by atoms with Gasteiger partial charge in [0.25, 0.3) is 11.8 Å². The van der Waals surface area contributed by atoms with Gasteiger partial charge >= 0.3 is 5.97 Å². The Hall–Kier alpha value is -4.02. The highest BCUT2D eigenvalue weighted by molar-refractivity contribution is 6.57. The van der Waals surface area contributed by atoms with Gasteiger partial charge in [-0.3, -0.25) is 29.6 Å². The number of hydrogen-bond donors (Lipinski definition) is 3. The molecule has 224 valence electrons. The molecule has 2 aromatic rings. The van der Waals surface area contributed by atoms with Gasteiger partial charge in [-0.05, 0) is 106 Å². The average Bonchev–Trinajstić information content (AvgIpc) is 2.96. The molecule has 2 aliphatic rings. The first-order valence-electron chi connectivity index (χ1n) is 14.5. The molecule has 2 amide bonds. The Kier molecular flexibility index (Phi) is 9.80. The molecule has 0 unspecified atom stereocenters. The quantitative estimate of drug-likeness (QED) is 0.218. The number of aryl methyl sites for hydroxylation is 2. The highest BCUT2D eigenvalue weighted by Crippen LogP contribution is 2.38. The number of phenolic OH excluding ortho intramolecular Hbond substituents is 1. The lowest BCUT2D eigenvalue weighted by molar-refractivity contribution is -0.138. The van der Waals surface area contributed by atoms with E-state index in [1.165, 1.54) is 4.90 Å². The molecule has 1 fully saturated rings. The van der Waals surface area contributed by atoms with Crippen molar-refractivity contribution in [2.45, 2.75) is 53.4 Å². The third kappa shape index (κ3) is 6.55. The predicted molar refractivity (Wildman–Crippen MR) is 164 cm³/mol. The maximum atomic E-state index is 13.8. The van der Waals surface area contributed by atoms with Gasteiger partial charge in [-0.1, -0.05) is 32.0 Å². The van der Waals surface area contributed by atoms with E-state index in [-0.39, 0.29) is 29.8 Å². The van der Waals surface area contributed by atoms with Crippen molar-refractivity contribution in [2.24, 2.45) is 5.10 Å². The number of carbonyl (C=O) groups is 3. The summed E-state index contributed by atoms with van der Waals surface area (Å²) in [6.45, 7) is 12.9. The summed E-state index contributed by atoms with van der Waals surface area (Å²) in [4.78, 5) is 43.8. The zero-order valence-electron chi connectivity index (χ0n) is 25.1. The summed E-state index contributed by atoms with van der Waals surface area (Å²) >= 11 is 0. The SMILES string of the molecule is CCN(CC)CC1=C(C)C(=NNc2cccc(C3CCN(CC(=O)O)CC3)c2O)C(=O)N(c2ccc(C)c(C)c2)C1=O. The number of aliphatic carboxylic acids is 1. The second-order valence-corrected chi connectivity index (χ2v) is 11.0. The number of nitrogens with zero attached hydrogens (tertiary/aromatic N) is 4. The first-order chi connectivity index (χ1) is 20.0. The van der Waals surface area contributed by atoms with Crippen molar-refractivity contribution in [1.82, 2.24) is 9.80 Å². The number of imide groups is 1. The minimum Gasteiger partial charge on any atom is -0.505 e. The largest absolute Gasteiger partial charge is 0.505 e. The van der Waals surface area contributed by atoms with Crippen LogP contribution >= 0.6 is 0 Å². The van der Waals surface area contributed by atoms with Crippen LogP contribution in [0.15, 0.2) is 52.6 Å². The van der Waals surface area contributed by atoms with Crippen LogP contribution < -0.4 is 10.3 Å². The van der Waals surface area contributed by atoms with Crippen molar-refractivity contribution < 1.29 is 24.6 Å². The Morgan fingerprint density at radius 1 is 1.02 bits per heavy atom. The predicted octanol–water partition coefficient (Wildman–Crippen LogP) is 4.27. The fraction of sp³-hybridized carbons (Fsp3) is 0.438. The van der Waals surface area contributed by atoms with Gasteiger partial charge in [0.15, 0.2) is 5.71 Å². The molecule has 0 aliphatic carbocycles. The van der Waals surface area contributed by atoms with E-state index in [0.717, 1.165) is 42.6 Å². The third-order valence-corrected chi connectivity index (χ3v) is 8.44. The molecule has 4 rings (SSSR count). The van der Waals surface area contributed by atoms with E-state index >= 15 is 0 Å². The highest BCUT2D eigenvalue weighted by Gasteiger charge is 2.38. The van der Waals surface area contributed by atoms with Gasteiger partial charge in [0.05, 0.1) is 17.9 Å². The number of para-hydroxylation sites is 1. The zero-order valence-corrected chi connectivity index (χ0v) is 25.1. The lowest BCUT2D eigenvalue weighted by Crippen LogP contribution is -2.49. The zero-order chi connectivity index (χ0) is 30.6. The van der Waals surface area contributed by atoms with Crippen molar-refractivity contribution in [1.29, 1.82) is 0 Å². The number of rotatable bonds is 10. The Labute approximate surface area is 247 Å². The third-order valence-electron chi connectivity index (χ3n) is 8.44. The second kappa shape index (κ2) is 13.3. The van der Waals surface area contributed by atoms with E-state index in [4.69, 9.17) is 5.11 Å². The Morgan fingerprint density at radius 3 is 2.33 bits per heavy atom. The molecular weight excluding hydrogens is 534 g/mol. The van der Waals surface area contributed by atoms with Gasteiger partial charge < -0.3 is 10.2 Å². The number of phenols is 1. The van der Waals surface area contributed by atoms with Crippen LogP contribution in [0.3, 0.4) is 0 Å². The molecule has 2 aliphatic heterocycles. The van der Waals surface area contributed by atoms with Gasteiger partial charge in [-0.25, -0.2) is 4.90 Å². The fourth-order valence-corrected chi connectivity index (χ4v) is 5.58. The molecule has 0 atom stereocenters. The van der Waals surface area contributed by atoms with E-state index in [2.05, 4.69) is 15.4 Å². The van der Waals surface area contributed by atoms with Gasteiger partial charge in [-0.2, -0.15) is 5.10 Å². The first-order valence-corrected chi connectivity index (χ1v) is 14.5. The lowest BCUT2D eigenvalue weighted by Gasteiger charge is -2.32. The molecule has 0 saturated carbocycles. The number of carbonyl (C=O) groups excluding carboxylic acids is 2. The number of hydrogen-bond acceptors (Lipinski definition) is 8. The summed E-state index contributed by atoms with van der Waals surface area (Å²) in [6, 6.07) is 10.9. The average molecular weight is 576 g/mol. The number of amides is 2. The second-order valence-electron chi connectivity index (χ2n) is 11.0. The van der Waals surface area contributed by atoms with Crippen LogP contribution in [0.2, 0.25) is 0 Å². The van der Waals surface area contributed by atoms with E-state index < -0.39 is 11.9 Å². The van der Waals surface area contributed by atoms with Gasteiger partial charge in [-0.15, -0.1) is 0 Å². The number of piperidine rings is 1. The number of nitrogens with one attached hydrogen (secondary N) is 1. The summed E-state index contributed by atoms with van der Waals surface area (Å²) in [5.41, 5.74) is 7.66. The van der Waals surface area contributed by atoms with Crippen LogP contribution in [0.5, 0.6) is 5.75 Å². The molecular formula is C32H41N5O5.